The number of carbonyl (C=O) groups is 1. The Kier molecular flexibility index (Phi) is 3.34. The minimum absolute atomic E-state index is 0.188. The maximum Gasteiger partial charge on any atom is 0.319 e. The lowest BCUT2D eigenvalue weighted by Crippen LogP contribution is -2.37. The second-order valence-electron chi connectivity index (χ2n) is 4.20. The quantitative estimate of drug-likeness (QED) is 0.834. The van der Waals surface area contributed by atoms with E-state index in [1.54, 1.807) is 12.1 Å². The minimum atomic E-state index is -0.188. The van der Waals surface area contributed by atoms with E-state index in [1.165, 1.54) is 12.8 Å². The Labute approximate surface area is 100 Å². The van der Waals surface area contributed by atoms with Crippen molar-refractivity contribution in [3.63, 3.8) is 0 Å². The van der Waals surface area contributed by atoms with Crippen molar-refractivity contribution in [1.82, 2.24) is 5.32 Å². The number of nitrogens with one attached hydrogen (secondary N) is 2. The van der Waals surface area contributed by atoms with Gasteiger partial charge in [-0.05, 0) is 37.8 Å². The van der Waals surface area contributed by atoms with Crippen LogP contribution in [0.2, 0.25) is 5.02 Å². The van der Waals surface area contributed by atoms with E-state index >= 15 is 0 Å². The molecular weight excluding hydrogens is 224 g/mol. The number of rotatable bonds is 3. The molecule has 0 spiro atoms. The number of benzene rings is 1. The highest BCUT2D eigenvalue weighted by Crippen LogP contribution is 2.32. The Balaban J connectivity index is 1.89. The van der Waals surface area contributed by atoms with Gasteiger partial charge in [-0.25, -0.2) is 4.79 Å². The molecule has 1 unspecified atom stereocenters. The summed E-state index contributed by atoms with van der Waals surface area (Å²) in [7, 11) is 0. The normalized spacial score (nSPS) is 16.6. The molecule has 2 amide bonds. The third-order valence-corrected chi connectivity index (χ3v) is 3.14. The monoisotopic (exact) mass is 238 g/mol. The Morgan fingerprint density at radius 1 is 1.44 bits per heavy atom. The first-order chi connectivity index (χ1) is 7.66. The summed E-state index contributed by atoms with van der Waals surface area (Å²) in [6.45, 7) is 2.03. The van der Waals surface area contributed by atoms with E-state index in [-0.39, 0.29) is 12.1 Å². The number of anilines is 1. The van der Waals surface area contributed by atoms with Gasteiger partial charge in [0.25, 0.3) is 0 Å². The maximum atomic E-state index is 11.6. The standard InChI is InChI=1S/C12H15ClN2O/c1-8(9-6-7-9)14-12(16)15-11-5-3-2-4-10(11)13/h2-5,8-9H,6-7H2,1H3,(H2,14,15,16). The van der Waals surface area contributed by atoms with Gasteiger partial charge in [-0.2, -0.15) is 0 Å². The average Bonchev–Trinajstić information content (AvgIpc) is 3.04. The summed E-state index contributed by atoms with van der Waals surface area (Å²) in [6.07, 6.45) is 2.43. The summed E-state index contributed by atoms with van der Waals surface area (Å²) in [6, 6.07) is 7.25. The second-order valence-corrected chi connectivity index (χ2v) is 4.61. The lowest BCUT2D eigenvalue weighted by atomic mass is 10.2. The van der Waals surface area contributed by atoms with Crippen LogP contribution in [-0.4, -0.2) is 12.1 Å². The van der Waals surface area contributed by atoms with Gasteiger partial charge in [0.15, 0.2) is 0 Å². The topological polar surface area (TPSA) is 41.1 Å². The Bertz CT molecular complexity index is 390. The summed E-state index contributed by atoms with van der Waals surface area (Å²) < 4.78 is 0. The number of para-hydroxylation sites is 1. The molecule has 0 saturated heterocycles. The molecule has 0 aromatic heterocycles. The lowest BCUT2D eigenvalue weighted by Gasteiger charge is -2.14. The SMILES string of the molecule is CC(NC(=O)Nc1ccccc1Cl)C1CC1. The number of hydrogen-bond donors (Lipinski definition) is 2. The van der Waals surface area contributed by atoms with Crippen molar-refractivity contribution in [1.29, 1.82) is 0 Å². The molecule has 1 aromatic rings. The fraction of sp³-hybridized carbons (Fsp3) is 0.417. The highest BCUT2D eigenvalue weighted by molar-refractivity contribution is 6.33. The van der Waals surface area contributed by atoms with Gasteiger partial charge < -0.3 is 10.6 Å². The summed E-state index contributed by atoms with van der Waals surface area (Å²) in [4.78, 5) is 11.6. The Morgan fingerprint density at radius 2 is 2.12 bits per heavy atom. The number of hydrogen-bond acceptors (Lipinski definition) is 1. The Morgan fingerprint density at radius 3 is 2.75 bits per heavy atom. The minimum Gasteiger partial charge on any atom is -0.335 e. The maximum absolute atomic E-state index is 11.6. The molecule has 16 heavy (non-hydrogen) atoms. The van der Waals surface area contributed by atoms with Gasteiger partial charge in [0.2, 0.25) is 0 Å². The number of amides is 2. The van der Waals surface area contributed by atoms with Crippen LogP contribution < -0.4 is 10.6 Å². The molecule has 2 rings (SSSR count). The van der Waals surface area contributed by atoms with Gasteiger partial charge >= 0.3 is 6.03 Å². The van der Waals surface area contributed by atoms with E-state index in [0.717, 1.165) is 0 Å². The van der Waals surface area contributed by atoms with Crippen LogP contribution in [0.15, 0.2) is 24.3 Å². The van der Waals surface area contributed by atoms with Crippen molar-refractivity contribution in [3.05, 3.63) is 29.3 Å². The molecule has 1 aliphatic carbocycles. The zero-order valence-corrected chi connectivity index (χ0v) is 9.92. The summed E-state index contributed by atoms with van der Waals surface area (Å²) in [5.74, 6) is 0.650. The zero-order valence-electron chi connectivity index (χ0n) is 9.16. The van der Waals surface area contributed by atoms with Crippen molar-refractivity contribution in [2.24, 2.45) is 5.92 Å². The molecule has 0 radical (unpaired) electrons. The van der Waals surface area contributed by atoms with Crippen LogP contribution in [0.5, 0.6) is 0 Å². The van der Waals surface area contributed by atoms with Crippen LogP contribution in [-0.2, 0) is 0 Å². The number of halogens is 1. The molecule has 0 bridgehead atoms. The first-order valence-corrected chi connectivity index (χ1v) is 5.86. The third-order valence-electron chi connectivity index (χ3n) is 2.81. The average molecular weight is 239 g/mol. The second kappa shape index (κ2) is 4.74. The molecule has 1 saturated carbocycles. The highest BCUT2D eigenvalue weighted by atomic mass is 35.5. The zero-order chi connectivity index (χ0) is 11.5. The van der Waals surface area contributed by atoms with Crippen molar-refractivity contribution in [3.8, 4) is 0 Å². The van der Waals surface area contributed by atoms with E-state index in [9.17, 15) is 4.79 Å². The molecule has 86 valence electrons. The van der Waals surface area contributed by atoms with Gasteiger partial charge in [0, 0.05) is 6.04 Å². The van der Waals surface area contributed by atoms with E-state index in [1.807, 2.05) is 19.1 Å². The fourth-order valence-corrected chi connectivity index (χ4v) is 1.82. The molecule has 3 nitrogen and oxygen atoms in total. The molecule has 2 N–H and O–H groups in total. The Hall–Kier alpha value is -1.22. The molecule has 4 heteroatoms. The largest absolute Gasteiger partial charge is 0.335 e. The van der Waals surface area contributed by atoms with Crippen LogP contribution in [0, 0.1) is 5.92 Å². The third kappa shape index (κ3) is 2.89. The van der Waals surface area contributed by atoms with E-state index in [0.29, 0.717) is 16.6 Å². The summed E-state index contributed by atoms with van der Waals surface area (Å²) in [5.41, 5.74) is 0.643. The van der Waals surface area contributed by atoms with Gasteiger partial charge in [-0.1, -0.05) is 23.7 Å². The predicted molar refractivity (Wildman–Crippen MR) is 65.8 cm³/mol. The van der Waals surface area contributed by atoms with Crippen molar-refractivity contribution < 1.29 is 4.79 Å². The number of carbonyl (C=O) groups excluding carboxylic acids is 1. The van der Waals surface area contributed by atoms with Crippen LogP contribution >= 0.6 is 11.6 Å². The molecule has 0 aliphatic heterocycles. The van der Waals surface area contributed by atoms with Gasteiger partial charge in [-0.15, -0.1) is 0 Å². The molecule has 1 fully saturated rings. The van der Waals surface area contributed by atoms with E-state index in [4.69, 9.17) is 11.6 Å². The molecule has 1 aromatic carbocycles. The summed E-state index contributed by atoms with van der Waals surface area (Å²) in [5, 5.41) is 6.20. The fourth-order valence-electron chi connectivity index (χ4n) is 1.64. The van der Waals surface area contributed by atoms with Crippen LogP contribution in [0.1, 0.15) is 19.8 Å². The molecular formula is C12H15ClN2O. The van der Waals surface area contributed by atoms with Gasteiger partial charge in [0.1, 0.15) is 0 Å². The first kappa shape index (κ1) is 11.3. The van der Waals surface area contributed by atoms with E-state index < -0.39 is 0 Å². The van der Waals surface area contributed by atoms with Gasteiger partial charge in [0.05, 0.1) is 10.7 Å². The van der Waals surface area contributed by atoms with Crippen LogP contribution in [0.3, 0.4) is 0 Å². The number of urea groups is 1. The van der Waals surface area contributed by atoms with E-state index in [2.05, 4.69) is 10.6 Å². The smallest absolute Gasteiger partial charge is 0.319 e. The molecule has 1 atom stereocenters. The van der Waals surface area contributed by atoms with Crippen LogP contribution in [0.4, 0.5) is 10.5 Å². The highest BCUT2D eigenvalue weighted by Gasteiger charge is 2.28. The first-order valence-electron chi connectivity index (χ1n) is 5.49. The van der Waals surface area contributed by atoms with Crippen molar-refractivity contribution >= 4 is 23.3 Å². The lowest BCUT2D eigenvalue weighted by molar-refractivity contribution is 0.248. The summed E-state index contributed by atoms with van der Waals surface area (Å²) >= 11 is 5.94. The predicted octanol–water partition coefficient (Wildman–Crippen LogP) is 3.26. The van der Waals surface area contributed by atoms with Crippen molar-refractivity contribution in [2.75, 3.05) is 5.32 Å². The van der Waals surface area contributed by atoms with Crippen LogP contribution in [0.25, 0.3) is 0 Å². The van der Waals surface area contributed by atoms with Gasteiger partial charge in [-0.3, -0.25) is 0 Å². The molecule has 1 aliphatic rings. The molecule has 0 heterocycles. The van der Waals surface area contributed by atoms with Crippen molar-refractivity contribution in [2.45, 2.75) is 25.8 Å².